The molecule has 0 aliphatic heterocycles. The molecular weight excluding hydrogens is 257 g/mol. The van der Waals surface area contributed by atoms with E-state index in [2.05, 4.69) is 5.32 Å². The van der Waals surface area contributed by atoms with E-state index in [9.17, 15) is 4.39 Å². The number of halogens is 1. The van der Waals surface area contributed by atoms with Gasteiger partial charge >= 0.3 is 0 Å². The fourth-order valence-corrected chi connectivity index (χ4v) is 1.98. The first-order valence-electron chi connectivity index (χ1n) is 6.86. The Balaban J connectivity index is 1.87. The van der Waals surface area contributed by atoms with Crippen molar-refractivity contribution in [2.75, 3.05) is 13.2 Å². The fourth-order valence-electron chi connectivity index (χ4n) is 1.98. The van der Waals surface area contributed by atoms with Crippen molar-refractivity contribution in [1.29, 1.82) is 0 Å². The van der Waals surface area contributed by atoms with Crippen LogP contribution < -0.4 is 5.32 Å². The number of hydrogen-bond donors (Lipinski definition) is 1. The molecule has 0 amide bonds. The van der Waals surface area contributed by atoms with Gasteiger partial charge in [-0.1, -0.05) is 0 Å². The monoisotopic (exact) mass is 277 g/mol. The van der Waals surface area contributed by atoms with Crippen molar-refractivity contribution in [2.45, 2.75) is 26.5 Å². The van der Waals surface area contributed by atoms with E-state index in [4.69, 9.17) is 9.15 Å². The van der Waals surface area contributed by atoms with Gasteiger partial charge in [0.05, 0.1) is 12.6 Å². The lowest BCUT2D eigenvalue weighted by Gasteiger charge is -2.11. The number of nitrogens with one attached hydrogen (secondary N) is 1. The van der Waals surface area contributed by atoms with Crippen LogP contribution in [0.25, 0.3) is 11.3 Å². The van der Waals surface area contributed by atoms with E-state index in [1.54, 1.807) is 12.1 Å². The van der Waals surface area contributed by atoms with E-state index in [1.807, 2.05) is 26.0 Å². The van der Waals surface area contributed by atoms with Gasteiger partial charge in [0.25, 0.3) is 0 Å². The standard InChI is InChI=1S/C16H20FNO2/c1-3-19-12(2)10-18-11-15-8-9-16(20-15)13-4-6-14(17)7-5-13/h4-9,12,18H,3,10-11H2,1-2H3. The number of benzene rings is 1. The van der Waals surface area contributed by atoms with E-state index in [1.165, 1.54) is 12.1 Å². The Bertz CT molecular complexity index is 522. The highest BCUT2D eigenvalue weighted by Gasteiger charge is 2.06. The highest BCUT2D eigenvalue weighted by Crippen LogP contribution is 2.22. The first-order chi connectivity index (χ1) is 9.69. The highest BCUT2D eigenvalue weighted by atomic mass is 19.1. The number of hydrogen-bond acceptors (Lipinski definition) is 3. The number of furan rings is 1. The van der Waals surface area contributed by atoms with Crippen LogP contribution in [0.2, 0.25) is 0 Å². The predicted molar refractivity (Wildman–Crippen MR) is 76.9 cm³/mol. The molecule has 0 aliphatic rings. The van der Waals surface area contributed by atoms with Crippen molar-refractivity contribution < 1.29 is 13.5 Å². The molecule has 3 nitrogen and oxygen atoms in total. The number of ether oxygens (including phenoxy) is 1. The van der Waals surface area contributed by atoms with Crippen LogP contribution in [-0.2, 0) is 11.3 Å². The molecule has 0 saturated carbocycles. The third kappa shape index (κ3) is 4.18. The maximum Gasteiger partial charge on any atom is 0.134 e. The largest absolute Gasteiger partial charge is 0.460 e. The molecule has 1 aromatic heterocycles. The van der Waals surface area contributed by atoms with Gasteiger partial charge < -0.3 is 14.5 Å². The summed E-state index contributed by atoms with van der Waals surface area (Å²) in [5.74, 6) is 1.36. The molecule has 2 rings (SSSR count). The SMILES string of the molecule is CCOC(C)CNCc1ccc(-c2ccc(F)cc2)o1. The lowest BCUT2D eigenvalue weighted by atomic mass is 10.2. The molecule has 1 heterocycles. The Kier molecular flexibility index (Phi) is 5.32. The van der Waals surface area contributed by atoms with Crippen LogP contribution in [0.4, 0.5) is 4.39 Å². The molecule has 4 heteroatoms. The molecule has 1 unspecified atom stereocenters. The van der Waals surface area contributed by atoms with Gasteiger partial charge in [-0.2, -0.15) is 0 Å². The average Bonchev–Trinajstić information content (AvgIpc) is 2.89. The molecule has 0 bridgehead atoms. The van der Waals surface area contributed by atoms with E-state index in [0.717, 1.165) is 30.2 Å². The van der Waals surface area contributed by atoms with E-state index < -0.39 is 0 Å². The first-order valence-corrected chi connectivity index (χ1v) is 6.86. The molecule has 1 aromatic carbocycles. The minimum absolute atomic E-state index is 0.187. The molecule has 0 fully saturated rings. The third-order valence-electron chi connectivity index (χ3n) is 2.97. The van der Waals surface area contributed by atoms with Gasteiger partial charge in [0.1, 0.15) is 17.3 Å². The maximum absolute atomic E-state index is 12.9. The average molecular weight is 277 g/mol. The van der Waals surface area contributed by atoms with Crippen molar-refractivity contribution in [2.24, 2.45) is 0 Å². The fraction of sp³-hybridized carbons (Fsp3) is 0.375. The third-order valence-corrected chi connectivity index (χ3v) is 2.97. The molecule has 0 saturated heterocycles. The van der Waals surface area contributed by atoms with Crippen LogP contribution in [0.15, 0.2) is 40.8 Å². The molecule has 0 spiro atoms. The summed E-state index contributed by atoms with van der Waals surface area (Å²) >= 11 is 0. The lowest BCUT2D eigenvalue weighted by molar-refractivity contribution is 0.0756. The molecule has 0 radical (unpaired) electrons. The second kappa shape index (κ2) is 7.22. The van der Waals surface area contributed by atoms with Crippen LogP contribution in [0.3, 0.4) is 0 Å². The predicted octanol–water partition coefficient (Wildman–Crippen LogP) is 3.60. The summed E-state index contributed by atoms with van der Waals surface area (Å²) in [5.41, 5.74) is 0.875. The summed E-state index contributed by atoms with van der Waals surface area (Å²) in [5, 5.41) is 3.28. The second-order valence-electron chi connectivity index (χ2n) is 4.67. The molecule has 2 aromatic rings. The summed E-state index contributed by atoms with van der Waals surface area (Å²) in [6.45, 7) is 6.16. The Morgan fingerprint density at radius 2 is 1.95 bits per heavy atom. The van der Waals surface area contributed by atoms with Crippen LogP contribution in [-0.4, -0.2) is 19.3 Å². The van der Waals surface area contributed by atoms with Gasteiger partial charge in [-0.25, -0.2) is 4.39 Å². The van der Waals surface area contributed by atoms with Crippen molar-refractivity contribution in [3.63, 3.8) is 0 Å². The first kappa shape index (κ1) is 14.8. The maximum atomic E-state index is 12.9. The van der Waals surface area contributed by atoms with Gasteiger partial charge in [-0.3, -0.25) is 0 Å². The van der Waals surface area contributed by atoms with Crippen molar-refractivity contribution in [3.05, 3.63) is 48.0 Å². The Labute approximate surface area is 118 Å². The van der Waals surface area contributed by atoms with Gasteiger partial charge in [0.15, 0.2) is 0 Å². The zero-order valence-electron chi connectivity index (χ0n) is 11.9. The zero-order chi connectivity index (χ0) is 14.4. The molecular formula is C16H20FNO2. The summed E-state index contributed by atoms with van der Waals surface area (Å²) in [7, 11) is 0. The summed E-state index contributed by atoms with van der Waals surface area (Å²) in [4.78, 5) is 0. The quantitative estimate of drug-likeness (QED) is 0.839. The number of rotatable bonds is 7. The Morgan fingerprint density at radius 3 is 2.65 bits per heavy atom. The summed E-state index contributed by atoms with van der Waals surface area (Å²) < 4.78 is 24.0. The Hall–Kier alpha value is -1.65. The van der Waals surface area contributed by atoms with E-state index in [0.29, 0.717) is 6.54 Å². The molecule has 20 heavy (non-hydrogen) atoms. The topological polar surface area (TPSA) is 34.4 Å². The lowest BCUT2D eigenvalue weighted by Crippen LogP contribution is -2.26. The van der Waals surface area contributed by atoms with Crippen molar-refractivity contribution in [3.8, 4) is 11.3 Å². The van der Waals surface area contributed by atoms with Crippen LogP contribution in [0, 0.1) is 5.82 Å². The van der Waals surface area contributed by atoms with Gasteiger partial charge in [0.2, 0.25) is 0 Å². The van der Waals surface area contributed by atoms with Gasteiger partial charge in [-0.15, -0.1) is 0 Å². The summed E-state index contributed by atoms with van der Waals surface area (Å²) in [6.07, 6.45) is 0.187. The van der Waals surface area contributed by atoms with E-state index in [-0.39, 0.29) is 11.9 Å². The molecule has 1 N–H and O–H groups in total. The minimum Gasteiger partial charge on any atom is -0.460 e. The molecule has 108 valence electrons. The second-order valence-corrected chi connectivity index (χ2v) is 4.67. The smallest absolute Gasteiger partial charge is 0.134 e. The summed E-state index contributed by atoms with van der Waals surface area (Å²) in [6, 6.07) is 10.1. The molecule has 1 atom stereocenters. The highest BCUT2D eigenvalue weighted by molar-refractivity contribution is 5.57. The Morgan fingerprint density at radius 1 is 1.20 bits per heavy atom. The molecule has 0 aliphatic carbocycles. The van der Waals surface area contributed by atoms with E-state index >= 15 is 0 Å². The van der Waals surface area contributed by atoms with Crippen LogP contribution >= 0.6 is 0 Å². The van der Waals surface area contributed by atoms with Crippen molar-refractivity contribution in [1.82, 2.24) is 5.32 Å². The van der Waals surface area contributed by atoms with Crippen molar-refractivity contribution >= 4 is 0 Å². The van der Waals surface area contributed by atoms with Gasteiger partial charge in [-0.05, 0) is 50.2 Å². The minimum atomic E-state index is -0.243. The van der Waals surface area contributed by atoms with Crippen LogP contribution in [0.5, 0.6) is 0 Å². The zero-order valence-corrected chi connectivity index (χ0v) is 11.9. The van der Waals surface area contributed by atoms with Gasteiger partial charge in [0, 0.05) is 18.7 Å². The normalized spacial score (nSPS) is 12.6. The van der Waals surface area contributed by atoms with Crippen LogP contribution in [0.1, 0.15) is 19.6 Å².